The maximum absolute atomic E-state index is 12.4. The van der Waals surface area contributed by atoms with Gasteiger partial charge in [-0.25, -0.2) is 0 Å². The van der Waals surface area contributed by atoms with Crippen molar-refractivity contribution in [2.75, 3.05) is 0 Å². The van der Waals surface area contributed by atoms with Gasteiger partial charge in [0.25, 0.3) is 5.56 Å². The first kappa shape index (κ1) is 14.0. The first-order valence-electron chi connectivity index (χ1n) is 6.82. The van der Waals surface area contributed by atoms with Crippen molar-refractivity contribution < 1.29 is 0 Å². The van der Waals surface area contributed by atoms with Gasteiger partial charge < -0.3 is 0 Å². The summed E-state index contributed by atoms with van der Waals surface area (Å²) in [6.07, 6.45) is 8.98. The topological polar surface area (TPSA) is 60.2 Å². The molecule has 4 heterocycles. The van der Waals surface area contributed by atoms with Crippen molar-refractivity contribution >= 4 is 45.9 Å². The van der Waals surface area contributed by atoms with Crippen molar-refractivity contribution in [3.8, 4) is 0 Å². The van der Waals surface area contributed by atoms with Crippen LogP contribution in [0.5, 0.6) is 0 Å². The summed E-state index contributed by atoms with van der Waals surface area (Å²) in [5, 5.41) is 6.27. The van der Waals surface area contributed by atoms with Crippen molar-refractivity contribution in [2.45, 2.75) is 0 Å². The molecule has 0 aromatic carbocycles. The highest BCUT2D eigenvalue weighted by Gasteiger charge is 2.08. The highest BCUT2D eigenvalue weighted by Crippen LogP contribution is 2.12. The Morgan fingerprint density at radius 2 is 2.00 bits per heavy atom. The van der Waals surface area contributed by atoms with E-state index >= 15 is 0 Å². The minimum atomic E-state index is -0.148. The Labute approximate surface area is 138 Å². The third kappa shape index (κ3) is 2.84. The molecule has 0 aliphatic rings. The Kier molecular flexibility index (Phi) is 3.57. The first-order chi connectivity index (χ1) is 11.3. The van der Waals surface area contributed by atoms with Crippen LogP contribution in [-0.2, 0) is 0 Å². The molecule has 0 amide bonds. The number of thiazole rings is 1. The van der Waals surface area contributed by atoms with Crippen LogP contribution in [0.3, 0.4) is 0 Å². The van der Waals surface area contributed by atoms with Crippen molar-refractivity contribution in [1.82, 2.24) is 19.6 Å². The number of thiophene rings is 1. The largest absolute Gasteiger partial charge is 0.291 e. The molecule has 0 aliphatic carbocycles. The number of hydrogen-bond donors (Lipinski definition) is 0. The van der Waals surface area contributed by atoms with E-state index in [2.05, 4.69) is 15.1 Å². The molecule has 0 saturated heterocycles. The second-order valence-electron chi connectivity index (χ2n) is 4.71. The molecular formula is C16H10N4OS2. The Bertz CT molecular complexity index is 1080. The fourth-order valence-electron chi connectivity index (χ4n) is 2.07. The molecule has 4 rings (SSSR count). The molecule has 4 aromatic rings. The Morgan fingerprint density at radius 3 is 2.74 bits per heavy atom. The second kappa shape index (κ2) is 5.86. The lowest BCUT2D eigenvalue weighted by atomic mass is 10.2. The number of fused-ring (bicyclic) bond motifs is 1. The fraction of sp³-hybridized carbons (Fsp3) is 0. The average molecular weight is 338 g/mol. The van der Waals surface area contributed by atoms with Crippen LogP contribution in [-0.4, -0.2) is 19.6 Å². The van der Waals surface area contributed by atoms with E-state index in [1.54, 1.807) is 23.7 Å². The molecule has 0 unspecified atom stereocenters. The van der Waals surface area contributed by atoms with Gasteiger partial charge in [0.05, 0.1) is 4.53 Å². The Balaban J connectivity index is 1.72. The minimum absolute atomic E-state index is 0.148. The van der Waals surface area contributed by atoms with E-state index in [4.69, 9.17) is 0 Å². The predicted molar refractivity (Wildman–Crippen MR) is 93.4 cm³/mol. The summed E-state index contributed by atoms with van der Waals surface area (Å²) in [4.78, 5) is 22.5. The predicted octanol–water partition coefficient (Wildman–Crippen LogP) is 2.33. The van der Waals surface area contributed by atoms with Crippen LogP contribution in [0, 0.1) is 0 Å². The quantitative estimate of drug-likeness (QED) is 0.575. The normalized spacial score (nSPS) is 12.6. The summed E-state index contributed by atoms with van der Waals surface area (Å²) in [5.41, 5.74) is 0.782. The molecule has 0 radical (unpaired) electrons. The van der Waals surface area contributed by atoms with E-state index in [1.807, 2.05) is 47.9 Å². The SMILES string of the molecule is O=c1c(=Cc2ccncc2)sc2nc(C=Cc3cccs3)nn12. The standard InChI is InChI=1S/C16H10N4OS2/c21-15-13(10-11-5-7-17-8-6-11)23-16-18-14(19-20(15)16)4-3-12-2-1-9-22-12/h1-10H. The Hall–Kier alpha value is -2.64. The maximum Gasteiger partial charge on any atom is 0.291 e. The van der Waals surface area contributed by atoms with Crippen molar-refractivity contribution in [2.24, 2.45) is 0 Å². The lowest BCUT2D eigenvalue weighted by Crippen LogP contribution is -2.23. The zero-order chi connectivity index (χ0) is 15.6. The van der Waals surface area contributed by atoms with Gasteiger partial charge in [0.2, 0.25) is 4.96 Å². The number of rotatable bonds is 3. The fourth-order valence-corrected chi connectivity index (χ4v) is 3.61. The van der Waals surface area contributed by atoms with Gasteiger partial charge in [-0.15, -0.1) is 16.4 Å². The second-order valence-corrected chi connectivity index (χ2v) is 6.70. The molecule has 0 spiro atoms. The summed E-state index contributed by atoms with van der Waals surface area (Å²) in [7, 11) is 0. The van der Waals surface area contributed by atoms with E-state index in [0.29, 0.717) is 15.3 Å². The van der Waals surface area contributed by atoms with Crippen molar-refractivity contribution in [3.63, 3.8) is 0 Å². The van der Waals surface area contributed by atoms with Gasteiger partial charge in [-0.2, -0.15) is 9.50 Å². The zero-order valence-electron chi connectivity index (χ0n) is 11.8. The maximum atomic E-state index is 12.4. The zero-order valence-corrected chi connectivity index (χ0v) is 13.4. The highest BCUT2D eigenvalue weighted by atomic mass is 32.1. The third-order valence-electron chi connectivity index (χ3n) is 3.14. The molecule has 0 fully saturated rings. The van der Waals surface area contributed by atoms with Crippen LogP contribution in [0.1, 0.15) is 16.3 Å². The number of hydrogen-bond acceptors (Lipinski definition) is 6. The van der Waals surface area contributed by atoms with E-state index in [9.17, 15) is 4.79 Å². The average Bonchev–Trinajstić information content (AvgIpc) is 3.26. The molecule has 112 valence electrons. The summed E-state index contributed by atoms with van der Waals surface area (Å²) >= 11 is 2.97. The molecule has 0 saturated carbocycles. The summed E-state index contributed by atoms with van der Waals surface area (Å²) in [6, 6.07) is 7.70. The summed E-state index contributed by atoms with van der Waals surface area (Å²) in [5.74, 6) is 0.539. The summed E-state index contributed by atoms with van der Waals surface area (Å²) in [6.45, 7) is 0. The van der Waals surface area contributed by atoms with Crippen LogP contribution < -0.4 is 10.1 Å². The van der Waals surface area contributed by atoms with Crippen LogP contribution in [0.2, 0.25) is 0 Å². The molecule has 5 nitrogen and oxygen atoms in total. The summed E-state index contributed by atoms with van der Waals surface area (Å²) < 4.78 is 1.96. The lowest BCUT2D eigenvalue weighted by Gasteiger charge is -1.87. The minimum Gasteiger partial charge on any atom is -0.266 e. The molecule has 0 bridgehead atoms. The van der Waals surface area contributed by atoms with Gasteiger partial charge in [-0.3, -0.25) is 9.78 Å². The van der Waals surface area contributed by atoms with Crippen molar-refractivity contribution in [3.05, 3.63) is 73.2 Å². The Morgan fingerprint density at radius 1 is 1.13 bits per heavy atom. The number of nitrogens with zero attached hydrogens (tertiary/aromatic N) is 4. The van der Waals surface area contributed by atoms with Crippen LogP contribution in [0.25, 0.3) is 23.2 Å². The number of pyridine rings is 1. The molecule has 0 atom stereocenters. The van der Waals surface area contributed by atoms with Crippen LogP contribution in [0.15, 0.2) is 46.8 Å². The third-order valence-corrected chi connectivity index (χ3v) is 4.94. The smallest absolute Gasteiger partial charge is 0.266 e. The van der Waals surface area contributed by atoms with Crippen molar-refractivity contribution in [1.29, 1.82) is 0 Å². The van der Waals surface area contributed by atoms with Gasteiger partial charge >= 0.3 is 0 Å². The van der Waals surface area contributed by atoms with E-state index in [0.717, 1.165) is 10.4 Å². The molecular weight excluding hydrogens is 328 g/mol. The van der Waals surface area contributed by atoms with Gasteiger partial charge in [0.15, 0.2) is 5.82 Å². The van der Waals surface area contributed by atoms with Crippen LogP contribution in [0.4, 0.5) is 0 Å². The van der Waals surface area contributed by atoms with Gasteiger partial charge in [-0.1, -0.05) is 17.4 Å². The van der Waals surface area contributed by atoms with Gasteiger partial charge in [0.1, 0.15) is 0 Å². The lowest BCUT2D eigenvalue weighted by molar-refractivity contribution is 0.925. The monoisotopic (exact) mass is 338 g/mol. The van der Waals surface area contributed by atoms with Crippen LogP contribution >= 0.6 is 22.7 Å². The van der Waals surface area contributed by atoms with Gasteiger partial charge in [-0.05, 0) is 47.4 Å². The van der Waals surface area contributed by atoms with E-state index in [1.165, 1.54) is 15.9 Å². The van der Waals surface area contributed by atoms with E-state index in [-0.39, 0.29) is 5.56 Å². The molecule has 4 aromatic heterocycles. The molecule has 0 aliphatic heterocycles. The van der Waals surface area contributed by atoms with E-state index < -0.39 is 0 Å². The molecule has 0 N–H and O–H groups in total. The first-order valence-corrected chi connectivity index (χ1v) is 8.52. The number of aromatic nitrogens is 4. The molecule has 23 heavy (non-hydrogen) atoms. The molecule has 7 heteroatoms. The highest BCUT2D eigenvalue weighted by molar-refractivity contribution is 7.15. The van der Waals surface area contributed by atoms with Gasteiger partial charge in [0, 0.05) is 17.3 Å².